The van der Waals surface area contributed by atoms with Crippen molar-refractivity contribution in [2.45, 2.75) is 39.3 Å². The molecule has 0 fully saturated rings. The van der Waals surface area contributed by atoms with Crippen LogP contribution in [0.4, 0.5) is 0 Å². The summed E-state index contributed by atoms with van der Waals surface area (Å²) >= 11 is 0. The largest absolute Gasteiger partial charge is 0.491 e. The van der Waals surface area contributed by atoms with Gasteiger partial charge >= 0.3 is 0 Å². The number of ether oxygens (including phenoxy) is 1. The van der Waals surface area contributed by atoms with Crippen molar-refractivity contribution in [2.24, 2.45) is 0 Å². The van der Waals surface area contributed by atoms with E-state index >= 15 is 0 Å². The van der Waals surface area contributed by atoms with Crippen molar-refractivity contribution in [1.29, 1.82) is 0 Å². The fourth-order valence-electron chi connectivity index (χ4n) is 1.33. The lowest BCUT2D eigenvalue weighted by Gasteiger charge is -2.24. The second kappa shape index (κ2) is 6.62. The van der Waals surface area contributed by atoms with Crippen LogP contribution in [-0.2, 0) is 6.54 Å². The van der Waals surface area contributed by atoms with Crippen LogP contribution in [0.3, 0.4) is 0 Å². The minimum atomic E-state index is 0.0496. The van der Waals surface area contributed by atoms with Crippen LogP contribution < -0.4 is 10.1 Å². The third kappa shape index (κ3) is 5.20. The molecule has 0 unspecified atom stereocenters. The fraction of sp³-hybridized carbons (Fsp3) is 0.571. The molecule has 96 valence electrons. The summed E-state index contributed by atoms with van der Waals surface area (Å²) in [6, 6.07) is 7.97. The van der Waals surface area contributed by atoms with E-state index in [1.54, 1.807) is 0 Å². The Bertz CT molecular complexity index is 319. The summed E-state index contributed by atoms with van der Waals surface area (Å²) < 4.78 is 5.31. The maximum atomic E-state index is 8.65. The van der Waals surface area contributed by atoms with Gasteiger partial charge in [-0.3, -0.25) is 0 Å². The lowest BCUT2D eigenvalue weighted by molar-refractivity contribution is 0.201. The van der Waals surface area contributed by atoms with Gasteiger partial charge in [0, 0.05) is 12.1 Å². The van der Waals surface area contributed by atoms with Gasteiger partial charge in [0.1, 0.15) is 12.4 Å². The van der Waals surface area contributed by atoms with E-state index in [-0.39, 0.29) is 12.1 Å². The molecule has 17 heavy (non-hydrogen) atoms. The molecule has 0 atom stereocenters. The van der Waals surface area contributed by atoms with E-state index in [2.05, 4.69) is 26.1 Å². The predicted molar refractivity (Wildman–Crippen MR) is 70.2 cm³/mol. The predicted octanol–water partition coefficient (Wildman–Crippen LogP) is 2.34. The van der Waals surface area contributed by atoms with Crippen LogP contribution in [0.25, 0.3) is 0 Å². The van der Waals surface area contributed by atoms with Crippen molar-refractivity contribution in [3.63, 3.8) is 0 Å². The third-order valence-corrected chi connectivity index (χ3v) is 2.94. The molecule has 0 amide bonds. The smallest absolute Gasteiger partial charge is 0.119 e. The van der Waals surface area contributed by atoms with E-state index in [0.29, 0.717) is 6.61 Å². The van der Waals surface area contributed by atoms with Crippen LogP contribution in [0.1, 0.15) is 32.8 Å². The number of hydrogen-bond donors (Lipinski definition) is 2. The highest BCUT2D eigenvalue weighted by Gasteiger charge is 2.12. The maximum absolute atomic E-state index is 8.65. The third-order valence-electron chi connectivity index (χ3n) is 2.94. The molecule has 1 rings (SSSR count). The number of aliphatic hydroxyl groups is 1. The number of benzene rings is 1. The zero-order valence-electron chi connectivity index (χ0n) is 11.0. The van der Waals surface area contributed by atoms with Crippen molar-refractivity contribution >= 4 is 0 Å². The Hall–Kier alpha value is -1.06. The molecule has 0 saturated heterocycles. The van der Waals surface area contributed by atoms with Gasteiger partial charge in [0.05, 0.1) is 6.61 Å². The summed E-state index contributed by atoms with van der Waals surface area (Å²) in [5.41, 5.74) is 1.41. The molecular weight excluding hydrogens is 214 g/mol. The Kier molecular flexibility index (Phi) is 5.45. The highest BCUT2D eigenvalue weighted by atomic mass is 16.5. The Morgan fingerprint density at radius 3 is 2.41 bits per heavy atom. The van der Waals surface area contributed by atoms with Gasteiger partial charge in [-0.15, -0.1) is 0 Å². The molecule has 0 aromatic heterocycles. The van der Waals surface area contributed by atoms with Crippen LogP contribution in [-0.4, -0.2) is 23.9 Å². The van der Waals surface area contributed by atoms with Gasteiger partial charge in [-0.05, 0) is 38.0 Å². The van der Waals surface area contributed by atoms with Gasteiger partial charge in [0.25, 0.3) is 0 Å². The van der Waals surface area contributed by atoms with Crippen LogP contribution in [0.2, 0.25) is 0 Å². The highest BCUT2D eigenvalue weighted by Crippen LogP contribution is 2.13. The molecular formula is C14H23NO2. The normalized spacial score (nSPS) is 11.5. The topological polar surface area (TPSA) is 41.5 Å². The van der Waals surface area contributed by atoms with Gasteiger partial charge in [-0.25, -0.2) is 0 Å². The molecule has 1 aromatic carbocycles. The van der Waals surface area contributed by atoms with Crippen LogP contribution in [0, 0.1) is 0 Å². The summed E-state index contributed by atoms with van der Waals surface area (Å²) in [5, 5.41) is 12.2. The van der Waals surface area contributed by atoms with Crippen molar-refractivity contribution in [3.8, 4) is 5.75 Å². The monoisotopic (exact) mass is 237 g/mol. The quantitative estimate of drug-likeness (QED) is 0.765. The van der Waals surface area contributed by atoms with Crippen LogP contribution >= 0.6 is 0 Å². The first-order valence-electron chi connectivity index (χ1n) is 6.15. The van der Waals surface area contributed by atoms with Gasteiger partial charge < -0.3 is 15.2 Å². The molecule has 0 spiro atoms. The lowest BCUT2D eigenvalue weighted by atomic mass is 10.0. The van der Waals surface area contributed by atoms with Gasteiger partial charge in [0.15, 0.2) is 0 Å². The molecule has 3 nitrogen and oxygen atoms in total. The first kappa shape index (κ1) is 14.0. The Morgan fingerprint density at radius 1 is 1.24 bits per heavy atom. The zero-order valence-corrected chi connectivity index (χ0v) is 11.0. The van der Waals surface area contributed by atoms with E-state index < -0.39 is 0 Å². The number of nitrogens with one attached hydrogen (secondary N) is 1. The first-order valence-corrected chi connectivity index (χ1v) is 6.15. The molecule has 0 radical (unpaired) electrons. The molecule has 3 heteroatoms. The molecule has 0 bridgehead atoms. The summed E-state index contributed by atoms with van der Waals surface area (Å²) in [5.74, 6) is 0.803. The Balaban J connectivity index is 2.45. The van der Waals surface area contributed by atoms with Crippen LogP contribution in [0.5, 0.6) is 5.75 Å². The van der Waals surface area contributed by atoms with Crippen LogP contribution in [0.15, 0.2) is 24.3 Å². The molecule has 0 aliphatic rings. The summed E-state index contributed by atoms with van der Waals surface area (Å²) in [4.78, 5) is 0. The van der Waals surface area contributed by atoms with Gasteiger partial charge in [-0.2, -0.15) is 0 Å². The van der Waals surface area contributed by atoms with E-state index in [9.17, 15) is 0 Å². The van der Waals surface area contributed by atoms with Crippen molar-refractivity contribution in [1.82, 2.24) is 5.32 Å². The molecule has 0 saturated carbocycles. The van der Waals surface area contributed by atoms with E-state index in [1.807, 2.05) is 24.3 Å². The summed E-state index contributed by atoms with van der Waals surface area (Å²) in [7, 11) is 0. The van der Waals surface area contributed by atoms with Crippen molar-refractivity contribution in [2.75, 3.05) is 13.2 Å². The molecule has 0 aliphatic carbocycles. The first-order chi connectivity index (χ1) is 8.07. The van der Waals surface area contributed by atoms with E-state index in [1.165, 1.54) is 5.56 Å². The second-order valence-corrected chi connectivity index (χ2v) is 4.81. The zero-order chi connectivity index (χ0) is 12.7. The lowest BCUT2D eigenvalue weighted by Crippen LogP contribution is -2.37. The molecule has 1 aromatic rings. The molecule has 0 aliphatic heterocycles. The van der Waals surface area contributed by atoms with Gasteiger partial charge in [-0.1, -0.05) is 19.1 Å². The average molecular weight is 237 g/mol. The Labute approximate surface area is 104 Å². The van der Waals surface area contributed by atoms with Crippen molar-refractivity contribution in [3.05, 3.63) is 29.8 Å². The molecule has 2 N–H and O–H groups in total. The number of aliphatic hydroxyl groups excluding tert-OH is 1. The fourth-order valence-corrected chi connectivity index (χ4v) is 1.33. The minimum Gasteiger partial charge on any atom is -0.491 e. The van der Waals surface area contributed by atoms with Gasteiger partial charge in [0.2, 0.25) is 0 Å². The van der Waals surface area contributed by atoms with E-state index in [0.717, 1.165) is 18.7 Å². The molecule has 0 heterocycles. The highest BCUT2D eigenvalue weighted by molar-refractivity contribution is 5.27. The average Bonchev–Trinajstić information content (AvgIpc) is 2.35. The minimum absolute atomic E-state index is 0.0496. The number of hydrogen-bond acceptors (Lipinski definition) is 3. The van der Waals surface area contributed by atoms with Crippen molar-refractivity contribution < 1.29 is 9.84 Å². The second-order valence-electron chi connectivity index (χ2n) is 4.81. The van der Waals surface area contributed by atoms with E-state index in [4.69, 9.17) is 9.84 Å². The maximum Gasteiger partial charge on any atom is 0.119 e. The summed E-state index contributed by atoms with van der Waals surface area (Å²) in [6.45, 7) is 7.84. The Morgan fingerprint density at radius 2 is 1.88 bits per heavy atom. The standard InChI is InChI=1S/C14H23NO2/c1-4-14(2,3)15-11-12-5-7-13(8-6-12)17-10-9-16/h5-8,15-16H,4,9-11H2,1-3H3. The number of rotatable bonds is 7. The SMILES string of the molecule is CCC(C)(C)NCc1ccc(OCCO)cc1. The summed E-state index contributed by atoms with van der Waals surface area (Å²) in [6.07, 6.45) is 1.10.